The number of aliphatic carboxylic acids is 1. The van der Waals surface area contributed by atoms with Crippen molar-refractivity contribution in [2.24, 2.45) is 5.92 Å². The number of hydrogen-bond acceptors (Lipinski definition) is 4. The standard InChI is InChI=1S/C15H17NO4/c1-10(15(19)20)6-7-16(12-3-4-12)14-8-13(18)5-2-11(14)9-17/h2,5-10,12,18H,3-4H2,1H3,(H,19,20). The second-order valence-corrected chi connectivity index (χ2v) is 4.97. The first kappa shape index (κ1) is 14.1. The molecule has 1 saturated carbocycles. The number of hydrogen-bond donors (Lipinski definition) is 2. The zero-order valence-electron chi connectivity index (χ0n) is 11.2. The number of nitrogens with zero attached hydrogens (tertiary/aromatic N) is 1. The summed E-state index contributed by atoms with van der Waals surface area (Å²) in [6, 6.07) is 4.80. The molecule has 0 saturated heterocycles. The van der Waals surface area contributed by atoms with Crippen LogP contribution >= 0.6 is 0 Å². The van der Waals surface area contributed by atoms with Gasteiger partial charge in [0.15, 0.2) is 6.29 Å². The fourth-order valence-electron chi connectivity index (χ4n) is 1.91. The second-order valence-electron chi connectivity index (χ2n) is 4.97. The first-order chi connectivity index (χ1) is 9.52. The molecule has 0 bridgehead atoms. The van der Waals surface area contributed by atoms with Crippen molar-refractivity contribution in [2.75, 3.05) is 4.90 Å². The summed E-state index contributed by atoms with van der Waals surface area (Å²) in [7, 11) is 0. The van der Waals surface area contributed by atoms with E-state index in [1.807, 2.05) is 4.90 Å². The predicted octanol–water partition coefficient (Wildman–Crippen LogP) is 2.41. The minimum Gasteiger partial charge on any atom is -0.508 e. The van der Waals surface area contributed by atoms with Crippen LogP contribution in [-0.2, 0) is 4.79 Å². The lowest BCUT2D eigenvalue weighted by atomic mass is 10.1. The van der Waals surface area contributed by atoms with Gasteiger partial charge in [0.05, 0.1) is 11.6 Å². The summed E-state index contributed by atoms with van der Waals surface area (Å²) in [6.07, 6.45) is 5.98. The lowest BCUT2D eigenvalue weighted by Gasteiger charge is -2.22. The van der Waals surface area contributed by atoms with Crippen LogP contribution in [-0.4, -0.2) is 28.5 Å². The second kappa shape index (κ2) is 5.77. The Kier molecular flexibility index (Phi) is 4.08. The first-order valence-corrected chi connectivity index (χ1v) is 6.50. The molecular weight excluding hydrogens is 258 g/mol. The number of aromatic hydroxyl groups is 1. The molecule has 106 valence electrons. The number of carboxylic acid groups (broad SMARTS) is 1. The van der Waals surface area contributed by atoms with E-state index in [9.17, 15) is 14.7 Å². The molecule has 0 radical (unpaired) electrons. The Hall–Kier alpha value is -2.30. The van der Waals surface area contributed by atoms with Gasteiger partial charge in [-0.05, 0) is 31.9 Å². The molecule has 0 spiro atoms. The average Bonchev–Trinajstić information content (AvgIpc) is 3.23. The van der Waals surface area contributed by atoms with Crippen LogP contribution in [0.3, 0.4) is 0 Å². The fraction of sp³-hybridized carbons (Fsp3) is 0.333. The number of carbonyl (C=O) groups excluding carboxylic acids is 1. The number of anilines is 1. The highest BCUT2D eigenvalue weighted by atomic mass is 16.4. The van der Waals surface area contributed by atoms with Gasteiger partial charge >= 0.3 is 5.97 Å². The number of phenols is 1. The van der Waals surface area contributed by atoms with E-state index in [0.717, 1.165) is 19.1 Å². The van der Waals surface area contributed by atoms with Crippen LogP contribution in [0.25, 0.3) is 0 Å². The van der Waals surface area contributed by atoms with Gasteiger partial charge in [0, 0.05) is 23.9 Å². The average molecular weight is 275 g/mol. The van der Waals surface area contributed by atoms with E-state index in [4.69, 9.17) is 5.11 Å². The third-order valence-corrected chi connectivity index (χ3v) is 3.28. The van der Waals surface area contributed by atoms with Crippen molar-refractivity contribution in [1.29, 1.82) is 0 Å². The molecule has 1 atom stereocenters. The van der Waals surface area contributed by atoms with E-state index >= 15 is 0 Å². The quantitative estimate of drug-likeness (QED) is 0.779. The third-order valence-electron chi connectivity index (χ3n) is 3.28. The van der Waals surface area contributed by atoms with Gasteiger partial charge in [-0.2, -0.15) is 0 Å². The van der Waals surface area contributed by atoms with E-state index < -0.39 is 11.9 Å². The van der Waals surface area contributed by atoms with Gasteiger partial charge in [-0.1, -0.05) is 6.08 Å². The molecule has 0 heterocycles. The maximum Gasteiger partial charge on any atom is 0.310 e. The Balaban J connectivity index is 2.31. The maximum atomic E-state index is 11.1. The molecule has 20 heavy (non-hydrogen) atoms. The molecule has 5 nitrogen and oxygen atoms in total. The van der Waals surface area contributed by atoms with Crippen LogP contribution in [0.15, 0.2) is 30.5 Å². The van der Waals surface area contributed by atoms with Crippen molar-refractivity contribution in [3.63, 3.8) is 0 Å². The van der Waals surface area contributed by atoms with Gasteiger partial charge in [-0.25, -0.2) is 0 Å². The molecule has 0 amide bonds. The molecule has 2 rings (SSSR count). The molecule has 1 aliphatic rings. The summed E-state index contributed by atoms with van der Waals surface area (Å²) in [5.74, 6) is -1.42. The Bertz CT molecular complexity index is 549. The predicted molar refractivity (Wildman–Crippen MR) is 74.9 cm³/mol. The minimum atomic E-state index is -0.900. The summed E-state index contributed by atoms with van der Waals surface area (Å²) >= 11 is 0. The molecule has 1 aromatic rings. The highest BCUT2D eigenvalue weighted by molar-refractivity contribution is 5.86. The zero-order chi connectivity index (χ0) is 14.7. The summed E-state index contributed by atoms with van der Waals surface area (Å²) in [6.45, 7) is 1.59. The van der Waals surface area contributed by atoms with Crippen LogP contribution in [0.2, 0.25) is 0 Å². The summed E-state index contributed by atoms with van der Waals surface area (Å²) in [4.78, 5) is 23.8. The monoisotopic (exact) mass is 275 g/mol. The SMILES string of the molecule is CC(C=CN(c1cc(O)ccc1C=O)C1CC1)C(=O)O. The van der Waals surface area contributed by atoms with Crippen molar-refractivity contribution in [1.82, 2.24) is 0 Å². The van der Waals surface area contributed by atoms with E-state index in [0.29, 0.717) is 11.3 Å². The highest BCUT2D eigenvalue weighted by Gasteiger charge is 2.29. The largest absolute Gasteiger partial charge is 0.508 e. The van der Waals surface area contributed by atoms with E-state index in [-0.39, 0.29) is 11.8 Å². The first-order valence-electron chi connectivity index (χ1n) is 6.50. The van der Waals surface area contributed by atoms with Crippen LogP contribution < -0.4 is 4.90 Å². The number of aldehydes is 1. The number of carbonyl (C=O) groups is 2. The Labute approximate surface area is 117 Å². The number of carboxylic acids is 1. The minimum absolute atomic E-state index is 0.0796. The fourth-order valence-corrected chi connectivity index (χ4v) is 1.91. The molecule has 1 aromatic carbocycles. The van der Waals surface area contributed by atoms with E-state index in [1.165, 1.54) is 12.1 Å². The molecular formula is C15H17NO4. The zero-order valence-corrected chi connectivity index (χ0v) is 11.2. The number of rotatable bonds is 6. The van der Waals surface area contributed by atoms with Crippen molar-refractivity contribution < 1.29 is 19.8 Å². The van der Waals surface area contributed by atoms with Gasteiger partial charge in [-0.3, -0.25) is 9.59 Å². The van der Waals surface area contributed by atoms with Crippen molar-refractivity contribution >= 4 is 17.9 Å². The van der Waals surface area contributed by atoms with Crippen LogP contribution in [0.4, 0.5) is 5.69 Å². The molecule has 1 aliphatic carbocycles. The smallest absolute Gasteiger partial charge is 0.310 e. The normalized spacial score (nSPS) is 16.1. The summed E-state index contributed by atoms with van der Waals surface area (Å²) < 4.78 is 0. The van der Waals surface area contributed by atoms with Crippen LogP contribution in [0.5, 0.6) is 5.75 Å². The van der Waals surface area contributed by atoms with Crippen LogP contribution in [0, 0.1) is 5.92 Å². The van der Waals surface area contributed by atoms with E-state index in [1.54, 1.807) is 25.3 Å². The van der Waals surface area contributed by atoms with Crippen molar-refractivity contribution in [3.8, 4) is 5.75 Å². The summed E-state index contributed by atoms with van der Waals surface area (Å²) in [5, 5.41) is 18.5. The molecule has 1 fully saturated rings. The Morgan fingerprint density at radius 1 is 1.45 bits per heavy atom. The molecule has 5 heteroatoms. The van der Waals surface area contributed by atoms with Gasteiger partial charge in [-0.15, -0.1) is 0 Å². The topological polar surface area (TPSA) is 77.8 Å². The van der Waals surface area contributed by atoms with Gasteiger partial charge in [0.25, 0.3) is 0 Å². The summed E-state index contributed by atoms with van der Waals surface area (Å²) in [5.41, 5.74) is 1.08. The highest BCUT2D eigenvalue weighted by Crippen LogP contribution is 2.35. The lowest BCUT2D eigenvalue weighted by molar-refractivity contribution is -0.139. The van der Waals surface area contributed by atoms with Gasteiger partial charge in [0.2, 0.25) is 0 Å². The van der Waals surface area contributed by atoms with Crippen LogP contribution in [0.1, 0.15) is 30.1 Å². The third kappa shape index (κ3) is 3.17. The maximum absolute atomic E-state index is 11.1. The van der Waals surface area contributed by atoms with Gasteiger partial charge in [0.1, 0.15) is 5.75 Å². The molecule has 2 N–H and O–H groups in total. The Morgan fingerprint density at radius 2 is 2.15 bits per heavy atom. The Morgan fingerprint density at radius 3 is 2.70 bits per heavy atom. The molecule has 0 aromatic heterocycles. The van der Waals surface area contributed by atoms with E-state index in [2.05, 4.69) is 0 Å². The number of benzene rings is 1. The van der Waals surface area contributed by atoms with Crippen molar-refractivity contribution in [2.45, 2.75) is 25.8 Å². The van der Waals surface area contributed by atoms with Crippen molar-refractivity contribution in [3.05, 3.63) is 36.0 Å². The lowest BCUT2D eigenvalue weighted by Crippen LogP contribution is -2.21. The van der Waals surface area contributed by atoms with Gasteiger partial charge < -0.3 is 15.1 Å². The molecule has 1 unspecified atom stereocenters. The number of phenolic OH excluding ortho intramolecular Hbond substituents is 1. The molecule has 0 aliphatic heterocycles.